The van der Waals surface area contributed by atoms with Crippen LogP contribution in [0, 0.1) is 11.3 Å². The van der Waals surface area contributed by atoms with Gasteiger partial charge in [-0.15, -0.1) is 0 Å². The topological polar surface area (TPSA) is 103 Å². The number of alkyl carbamates (subject to hydrolysis) is 1. The largest absolute Gasteiger partial charge is 0.443 e. The highest BCUT2D eigenvalue weighted by molar-refractivity contribution is 5.85. The molecule has 182 valence electrons. The Balaban J connectivity index is 1.73. The number of benzene rings is 1. The fraction of sp³-hybridized carbons (Fsp3) is 0.615. The molecule has 7 heteroatoms. The molecule has 5 atom stereocenters. The lowest BCUT2D eigenvalue weighted by Gasteiger charge is -2.48. The van der Waals surface area contributed by atoms with Crippen LogP contribution in [0.5, 0.6) is 0 Å². The van der Waals surface area contributed by atoms with Crippen molar-refractivity contribution in [1.29, 1.82) is 0 Å². The molecule has 2 amide bonds. The van der Waals surface area contributed by atoms with Crippen LogP contribution in [0.2, 0.25) is 0 Å². The Morgan fingerprint density at radius 2 is 1.97 bits per heavy atom. The molecule has 0 aromatic heterocycles. The lowest BCUT2D eigenvalue weighted by atomic mass is 9.61. The molecule has 1 aromatic rings. The number of allylic oxidation sites excluding steroid dienone is 2. The Bertz CT molecular complexity index is 859. The van der Waals surface area contributed by atoms with Crippen LogP contribution in [0.15, 0.2) is 42.0 Å². The van der Waals surface area contributed by atoms with E-state index in [2.05, 4.69) is 39.1 Å². The predicted octanol–water partition coefficient (Wildman–Crippen LogP) is 4.27. The predicted molar refractivity (Wildman–Crippen MR) is 126 cm³/mol. The van der Waals surface area contributed by atoms with Crippen LogP contribution in [-0.2, 0) is 19.0 Å². The maximum atomic E-state index is 12.8. The first-order valence-electron chi connectivity index (χ1n) is 11.7. The Hall–Kier alpha value is -2.38. The fourth-order valence-electron chi connectivity index (χ4n) is 5.35. The van der Waals surface area contributed by atoms with Gasteiger partial charge in [-0.2, -0.15) is 0 Å². The zero-order chi connectivity index (χ0) is 24.2. The summed E-state index contributed by atoms with van der Waals surface area (Å²) in [5.74, 6) is -0.568. The molecule has 0 unspecified atom stereocenters. The van der Waals surface area contributed by atoms with Gasteiger partial charge in [0.15, 0.2) is 0 Å². The third-order valence-corrected chi connectivity index (χ3v) is 7.02. The zero-order valence-electron chi connectivity index (χ0n) is 20.4. The molecule has 1 aliphatic heterocycles. The van der Waals surface area contributed by atoms with Crippen molar-refractivity contribution in [2.75, 3.05) is 13.7 Å². The molecule has 7 nitrogen and oxygen atoms in total. The summed E-state index contributed by atoms with van der Waals surface area (Å²) in [6.45, 7) is 9.41. The molecule has 0 radical (unpaired) electrons. The summed E-state index contributed by atoms with van der Waals surface area (Å²) in [4.78, 5) is 24.8. The maximum absolute atomic E-state index is 12.8. The molecule has 2 fully saturated rings. The quantitative estimate of drug-likeness (QED) is 0.425. The van der Waals surface area contributed by atoms with Crippen LogP contribution in [0.25, 0.3) is 0 Å². The number of primary amides is 1. The lowest BCUT2D eigenvalue weighted by Crippen LogP contribution is -2.56. The number of hydrogen-bond donors (Lipinski definition) is 2. The van der Waals surface area contributed by atoms with E-state index in [9.17, 15) is 9.59 Å². The van der Waals surface area contributed by atoms with Crippen molar-refractivity contribution in [2.45, 2.75) is 77.2 Å². The number of rotatable bonds is 9. The number of nitrogens with one attached hydrogen (secondary N) is 1. The first-order chi connectivity index (χ1) is 15.6. The Labute approximate surface area is 197 Å². The Kier molecular flexibility index (Phi) is 7.85. The van der Waals surface area contributed by atoms with Crippen LogP contribution in [-0.4, -0.2) is 43.5 Å². The third-order valence-electron chi connectivity index (χ3n) is 7.02. The second-order valence-electron chi connectivity index (χ2n) is 10.2. The molecule has 1 heterocycles. The number of nitrogens with two attached hydrogens (primary N) is 1. The van der Waals surface area contributed by atoms with Crippen molar-refractivity contribution in [3.63, 3.8) is 0 Å². The van der Waals surface area contributed by atoms with E-state index < -0.39 is 24.1 Å². The number of carbonyl (C=O) groups excluding carboxylic acids is 2. The monoisotopic (exact) mass is 458 g/mol. The summed E-state index contributed by atoms with van der Waals surface area (Å²) in [6.07, 6.45) is 4.22. The molecule has 1 saturated heterocycles. The Morgan fingerprint density at radius 3 is 2.52 bits per heavy atom. The highest BCUT2D eigenvalue weighted by Crippen LogP contribution is 2.55. The second-order valence-corrected chi connectivity index (χ2v) is 10.2. The molecule has 1 saturated carbocycles. The number of epoxide rings is 1. The molecular weight excluding hydrogens is 420 g/mol. The number of hydrogen-bond acceptors (Lipinski definition) is 5. The normalized spacial score (nSPS) is 27.5. The van der Waals surface area contributed by atoms with Gasteiger partial charge in [0.25, 0.3) is 0 Å². The average molecular weight is 459 g/mol. The van der Waals surface area contributed by atoms with E-state index in [1.165, 1.54) is 5.57 Å². The van der Waals surface area contributed by atoms with Gasteiger partial charge in [0.1, 0.15) is 18.2 Å². The number of carbonyl (C=O) groups is 2. The first-order valence-corrected chi connectivity index (χ1v) is 11.7. The van der Waals surface area contributed by atoms with Crippen molar-refractivity contribution in [3.8, 4) is 0 Å². The van der Waals surface area contributed by atoms with Crippen LogP contribution in [0.4, 0.5) is 4.79 Å². The van der Waals surface area contributed by atoms with Crippen LogP contribution in [0.1, 0.15) is 65.0 Å². The van der Waals surface area contributed by atoms with Gasteiger partial charge >= 0.3 is 6.09 Å². The molecule has 3 N–H and O–H groups in total. The van der Waals surface area contributed by atoms with E-state index in [1.54, 1.807) is 31.4 Å². The van der Waals surface area contributed by atoms with Gasteiger partial charge in [0.05, 0.1) is 12.2 Å². The number of methoxy groups -OCH3 is 1. The van der Waals surface area contributed by atoms with Crippen LogP contribution < -0.4 is 11.1 Å². The fourth-order valence-corrected chi connectivity index (χ4v) is 5.35. The van der Waals surface area contributed by atoms with Gasteiger partial charge in [0.2, 0.25) is 5.91 Å². The van der Waals surface area contributed by atoms with Crippen molar-refractivity contribution < 1.29 is 23.8 Å². The molecule has 3 rings (SSSR count). The minimum absolute atomic E-state index is 0.0770. The van der Waals surface area contributed by atoms with Gasteiger partial charge in [-0.25, -0.2) is 4.79 Å². The molecule has 2 aliphatic rings. The van der Waals surface area contributed by atoms with E-state index in [-0.39, 0.29) is 23.0 Å². The highest BCUT2D eigenvalue weighted by Gasteiger charge is 2.63. The standard InChI is InChI=1S/C26H38N2O5/c1-17(2)10-9-14-25(3,4)22-21(31-5)19(13-15-26(22)16-32-26)33-24(30)28-20(23(27)29)18-11-7-6-8-12-18/h6-8,10-12,19-22H,9,13-16H2,1-5H3,(H2,27,29)(H,28,30)/t19-,20-,21-,22-,26+/m1/s1. The maximum Gasteiger partial charge on any atom is 0.408 e. The third kappa shape index (κ3) is 5.95. The van der Waals surface area contributed by atoms with Gasteiger partial charge in [-0.05, 0) is 50.5 Å². The summed E-state index contributed by atoms with van der Waals surface area (Å²) in [5, 5.41) is 2.63. The number of amides is 2. The summed E-state index contributed by atoms with van der Waals surface area (Å²) in [6, 6.07) is 7.94. The van der Waals surface area contributed by atoms with Gasteiger partial charge < -0.3 is 25.3 Å². The van der Waals surface area contributed by atoms with Gasteiger partial charge in [-0.3, -0.25) is 4.79 Å². The number of ether oxygens (including phenoxy) is 3. The highest BCUT2D eigenvalue weighted by atomic mass is 16.6. The second kappa shape index (κ2) is 10.3. The van der Waals surface area contributed by atoms with Crippen LogP contribution >= 0.6 is 0 Å². The summed E-state index contributed by atoms with van der Waals surface area (Å²) in [5.41, 5.74) is 7.15. The van der Waals surface area contributed by atoms with E-state index in [1.807, 2.05) is 6.07 Å². The van der Waals surface area contributed by atoms with E-state index in [4.69, 9.17) is 19.9 Å². The minimum atomic E-state index is -0.960. The van der Waals surface area contributed by atoms with Crippen molar-refractivity contribution in [3.05, 3.63) is 47.5 Å². The smallest absolute Gasteiger partial charge is 0.408 e. The summed E-state index contributed by atoms with van der Waals surface area (Å²) < 4.78 is 17.8. The van der Waals surface area contributed by atoms with Crippen LogP contribution in [0.3, 0.4) is 0 Å². The van der Waals surface area contributed by atoms with Gasteiger partial charge in [-0.1, -0.05) is 55.8 Å². The van der Waals surface area contributed by atoms with E-state index >= 15 is 0 Å². The van der Waals surface area contributed by atoms with Crippen molar-refractivity contribution in [2.24, 2.45) is 17.1 Å². The lowest BCUT2D eigenvalue weighted by molar-refractivity contribution is -0.134. The Morgan fingerprint density at radius 1 is 1.30 bits per heavy atom. The van der Waals surface area contributed by atoms with Crippen molar-refractivity contribution >= 4 is 12.0 Å². The van der Waals surface area contributed by atoms with Crippen molar-refractivity contribution in [1.82, 2.24) is 5.32 Å². The average Bonchev–Trinajstić information content (AvgIpc) is 3.52. The first kappa shape index (κ1) is 25.2. The molecule has 0 bridgehead atoms. The van der Waals surface area contributed by atoms with E-state index in [0.717, 1.165) is 19.3 Å². The molecule has 1 aliphatic carbocycles. The molecule has 1 aromatic carbocycles. The molecular formula is C26H38N2O5. The molecule has 1 spiro atoms. The minimum Gasteiger partial charge on any atom is -0.443 e. The zero-order valence-corrected chi connectivity index (χ0v) is 20.4. The summed E-state index contributed by atoms with van der Waals surface area (Å²) >= 11 is 0. The van der Waals surface area contributed by atoms with E-state index in [0.29, 0.717) is 18.6 Å². The van der Waals surface area contributed by atoms with Gasteiger partial charge in [0, 0.05) is 13.0 Å². The SMILES string of the molecule is CO[C@H]1[C@H](C(C)(C)CCC=C(C)C)[C@]2(CC[C@H]1OC(=O)N[C@@H](C(N)=O)c1ccccc1)CO2. The molecule has 33 heavy (non-hydrogen) atoms. The summed E-state index contributed by atoms with van der Waals surface area (Å²) in [7, 11) is 1.66.